The molecule has 0 radical (unpaired) electrons. The molecule has 76 valence electrons. The van der Waals surface area contributed by atoms with Crippen LogP contribution < -0.4 is 0 Å². The molecule has 2 saturated heterocycles. The van der Waals surface area contributed by atoms with E-state index in [9.17, 15) is 13.8 Å². The average Bonchev–Trinajstić information content (AvgIpc) is 2.07. The Bertz CT molecular complexity index is 364. The highest BCUT2D eigenvalue weighted by atomic mass is 32.2. The number of carboxylic acid groups (broad SMARTS) is 1. The maximum Gasteiger partial charge on any atom is 0.330 e. The van der Waals surface area contributed by atoms with Crippen LogP contribution in [0.3, 0.4) is 0 Å². The van der Waals surface area contributed by atoms with Gasteiger partial charge >= 0.3 is 5.97 Å². The maximum atomic E-state index is 11.4. The molecule has 0 aliphatic carbocycles. The molecule has 2 rings (SSSR count). The van der Waals surface area contributed by atoms with E-state index in [0.717, 1.165) is 0 Å². The predicted octanol–water partition coefficient (Wildman–Crippen LogP) is -0.683. The number of β-lactam (4-membered cyclic amide) rings is 1. The molecular formula is C8H9NO4S. The number of carbonyl (C=O) groups is 2. The summed E-state index contributed by atoms with van der Waals surface area (Å²) in [6.07, 6.45) is 0.198. The van der Waals surface area contributed by atoms with Crippen molar-refractivity contribution in [3.05, 3.63) is 12.2 Å². The molecule has 0 aromatic heterocycles. The normalized spacial score (nSPS) is 36.3. The Kier molecular flexibility index (Phi) is 1.95. The van der Waals surface area contributed by atoms with E-state index in [4.69, 9.17) is 5.11 Å². The summed E-state index contributed by atoms with van der Waals surface area (Å²) in [7, 11) is -1.17. The van der Waals surface area contributed by atoms with E-state index in [1.54, 1.807) is 0 Å². The molecule has 2 aliphatic rings. The number of amides is 1. The molecule has 14 heavy (non-hydrogen) atoms. The summed E-state index contributed by atoms with van der Waals surface area (Å²) >= 11 is 0. The van der Waals surface area contributed by atoms with Crippen molar-refractivity contribution in [2.75, 3.05) is 5.75 Å². The van der Waals surface area contributed by atoms with Crippen molar-refractivity contribution in [3.8, 4) is 0 Å². The lowest BCUT2D eigenvalue weighted by molar-refractivity contribution is -0.156. The first-order valence-electron chi connectivity index (χ1n) is 4.11. The highest BCUT2D eigenvalue weighted by molar-refractivity contribution is 7.86. The smallest absolute Gasteiger partial charge is 0.330 e. The third kappa shape index (κ3) is 1.10. The Morgan fingerprint density at radius 2 is 2.29 bits per heavy atom. The quantitative estimate of drug-likeness (QED) is 0.464. The number of aliphatic carboxylic acids is 1. The minimum Gasteiger partial charge on any atom is -0.479 e. The third-order valence-electron chi connectivity index (χ3n) is 2.48. The minimum atomic E-state index is -1.17. The first-order valence-corrected chi connectivity index (χ1v) is 5.49. The van der Waals surface area contributed by atoms with Gasteiger partial charge in [-0.15, -0.1) is 0 Å². The van der Waals surface area contributed by atoms with Gasteiger partial charge in [-0.25, -0.2) is 4.79 Å². The number of hydrogen-bond donors (Lipinski definition) is 1. The number of carbonyl (C=O) groups excluding carboxylic acids is 1. The highest BCUT2D eigenvalue weighted by Crippen LogP contribution is 2.33. The second kappa shape index (κ2) is 2.91. The monoisotopic (exact) mass is 215 g/mol. The Morgan fingerprint density at radius 3 is 2.79 bits per heavy atom. The Morgan fingerprint density at radius 1 is 1.64 bits per heavy atom. The van der Waals surface area contributed by atoms with Gasteiger partial charge in [-0.3, -0.25) is 9.00 Å². The summed E-state index contributed by atoms with van der Waals surface area (Å²) in [5.41, 5.74) is 0.347. The molecule has 2 fully saturated rings. The van der Waals surface area contributed by atoms with Crippen molar-refractivity contribution in [1.82, 2.24) is 4.90 Å². The van der Waals surface area contributed by atoms with Crippen molar-refractivity contribution in [2.45, 2.75) is 17.8 Å². The number of hydrogen-bond acceptors (Lipinski definition) is 3. The SMILES string of the molecule is C=C1CS(=O)[C@H]2CC(=O)N2C1C(=O)O. The summed E-state index contributed by atoms with van der Waals surface area (Å²) in [4.78, 5) is 23.2. The zero-order chi connectivity index (χ0) is 10.5. The second-order valence-electron chi connectivity index (χ2n) is 3.38. The number of rotatable bonds is 1. The lowest BCUT2D eigenvalue weighted by Crippen LogP contribution is -2.65. The van der Waals surface area contributed by atoms with Crippen molar-refractivity contribution >= 4 is 22.7 Å². The van der Waals surface area contributed by atoms with Crippen LogP contribution in [0.15, 0.2) is 12.2 Å². The predicted molar refractivity (Wildman–Crippen MR) is 48.8 cm³/mol. The van der Waals surface area contributed by atoms with Crippen molar-refractivity contribution in [2.24, 2.45) is 0 Å². The largest absolute Gasteiger partial charge is 0.479 e. The van der Waals surface area contributed by atoms with Crippen LogP contribution in [-0.4, -0.2) is 43.3 Å². The maximum absolute atomic E-state index is 11.4. The zero-order valence-corrected chi connectivity index (χ0v) is 8.12. The molecule has 5 nitrogen and oxygen atoms in total. The number of nitrogens with zero attached hydrogens (tertiary/aromatic N) is 1. The molecule has 2 heterocycles. The van der Waals surface area contributed by atoms with E-state index in [2.05, 4.69) is 6.58 Å². The molecular weight excluding hydrogens is 206 g/mol. The molecule has 2 unspecified atom stereocenters. The van der Waals surface area contributed by atoms with E-state index >= 15 is 0 Å². The standard InChI is InChI=1S/C8H9NO4S/c1-4-3-14(13)6-2-5(10)9(6)7(4)8(11)12/h6-7H,1-3H2,(H,11,12)/t6-,7?,14?/m0/s1. The molecule has 2 aliphatic heterocycles. The van der Waals surface area contributed by atoms with Gasteiger partial charge in [0.15, 0.2) is 6.04 Å². The second-order valence-corrected chi connectivity index (χ2v) is 4.98. The summed E-state index contributed by atoms with van der Waals surface area (Å²) in [6.45, 7) is 3.55. The van der Waals surface area contributed by atoms with Gasteiger partial charge in [0.1, 0.15) is 5.37 Å². The average molecular weight is 215 g/mol. The molecule has 0 aromatic rings. The first kappa shape index (κ1) is 9.39. The number of carboxylic acids is 1. The summed E-state index contributed by atoms with van der Waals surface area (Å²) in [5.74, 6) is -1.16. The van der Waals surface area contributed by atoms with Gasteiger partial charge in [-0.2, -0.15) is 0 Å². The van der Waals surface area contributed by atoms with E-state index in [0.29, 0.717) is 5.57 Å². The number of fused-ring (bicyclic) bond motifs is 1. The van der Waals surface area contributed by atoms with Crippen molar-refractivity contribution < 1.29 is 18.9 Å². The molecule has 3 atom stereocenters. The first-order chi connectivity index (χ1) is 6.52. The Balaban J connectivity index is 2.32. The van der Waals surface area contributed by atoms with E-state index < -0.39 is 28.2 Å². The van der Waals surface area contributed by atoms with E-state index in [-0.39, 0.29) is 18.1 Å². The molecule has 6 heteroatoms. The molecule has 0 spiro atoms. The summed E-state index contributed by atoms with van der Waals surface area (Å²) in [6, 6.07) is -0.973. The van der Waals surface area contributed by atoms with Crippen LogP contribution in [0.1, 0.15) is 6.42 Å². The fraction of sp³-hybridized carbons (Fsp3) is 0.500. The molecule has 1 amide bonds. The fourth-order valence-corrected chi connectivity index (χ4v) is 3.32. The van der Waals surface area contributed by atoms with Gasteiger partial charge < -0.3 is 10.0 Å². The van der Waals surface area contributed by atoms with Crippen LogP contribution >= 0.6 is 0 Å². The van der Waals surface area contributed by atoms with E-state index in [1.807, 2.05) is 0 Å². The van der Waals surface area contributed by atoms with Crippen molar-refractivity contribution in [3.63, 3.8) is 0 Å². The lowest BCUT2D eigenvalue weighted by atomic mass is 10.0. The van der Waals surface area contributed by atoms with Gasteiger partial charge in [0.2, 0.25) is 5.91 Å². The zero-order valence-electron chi connectivity index (χ0n) is 7.30. The van der Waals surface area contributed by atoms with Crippen LogP contribution in [0.4, 0.5) is 0 Å². The van der Waals surface area contributed by atoms with Gasteiger partial charge in [0, 0.05) is 16.6 Å². The van der Waals surface area contributed by atoms with Gasteiger partial charge in [-0.1, -0.05) is 6.58 Å². The third-order valence-corrected chi connectivity index (χ3v) is 4.13. The van der Waals surface area contributed by atoms with Crippen molar-refractivity contribution in [1.29, 1.82) is 0 Å². The Hall–Kier alpha value is -1.17. The van der Waals surface area contributed by atoms with Crippen LogP contribution in [-0.2, 0) is 20.4 Å². The van der Waals surface area contributed by atoms with E-state index in [1.165, 1.54) is 4.90 Å². The Labute approximate surface area is 82.8 Å². The lowest BCUT2D eigenvalue weighted by Gasteiger charge is -2.47. The summed E-state index contributed by atoms with van der Waals surface area (Å²) < 4.78 is 11.4. The fourth-order valence-electron chi connectivity index (χ4n) is 1.78. The van der Waals surface area contributed by atoms with Gasteiger partial charge in [0.25, 0.3) is 0 Å². The van der Waals surface area contributed by atoms with Crippen LogP contribution in [0.2, 0.25) is 0 Å². The molecule has 0 saturated carbocycles. The topological polar surface area (TPSA) is 74.7 Å². The van der Waals surface area contributed by atoms with Gasteiger partial charge in [0.05, 0.1) is 6.42 Å². The molecule has 0 bridgehead atoms. The van der Waals surface area contributed by atoms with Crippen LogP contribution in [0, 0.1) is 0 Å². The van der Waals surface area contributed by atoms with Crippen LogP contribution in [0.25, 0.3) is 0 Å². The summed E-state index contributed by atoms with van der Waals surface area (Å²) in [5, 5.41) is 8.47. The van der Waals surface area contributed by atoms with Gasteiger partial charge in [-0.05, 0) is 5.57 Å². The molecule has 1 N–H and O–H groups in total. The highest BCUT2D eigenvalue weighted by Gasteiger charge is 2.51. The van der Waals surface area contributed by atoms with Crippen LogP contribution in [0.5, 0.6) is 0 Å². The minimum absolute atomic E-state index is 0.186. The molecule has 0 aromatic carbocycles.